The highest BCUT2D eigenvalue weighted by molar-refractivity contribution is 7.92. The quantitative estimate of drug-likeness (QED) is 0.708. The average Bonchev–Trinajstić information content (AvgIpc) is 2.22. The van der Waals surface area contributed by atoms with Gasteiger partial charge in [0.2, 0.25) is 0 Å². The zero-order valence-corrected chi connectivity index (χ0v) is 8.31. The second kappa shape index (κ2) is 3.75. The highest BCUT2D eigenvalue weighted by atomic mass is 32.2. The lowest BCUT2D eigenvalue weighted by Gasteiger charge is -2.04. The molecule has 2 N–H and O–H groups in total. The predicted octanol–water partition coefficient (Wildman–Crippen LogP) is 0.549. The Morgan fingerprint density at radius 1 is 1.50 bits per heavy atom. The first-order chi connectivity index (χ1) is 5.56. The van der Waals surface area contributed by atoms with Gasteiger partial charge in [-0.15, -0.1) is 0 Å². The van der Waals surface area contributed by atoms with E-state index in [-0.39, 0.29) is 5.25 Å². The number of hydrogen-bond acceptors (Lipinski definition) is 3. The summed E-state index contributed by atoms with van der Waals surface area (Å²) >= 11 is 0. The molecule has 12 heavy (non-hydrogen) atoms. The van der Waals surface area contributed by atoms with Gasteiger partial charge in [0.05, 0.1) is 11.0 Å². The monoisotopic (exact) mass is 191 g/mol. The lowest BCUT2D eigenvalue weighted by molar-refractivity contribution is 0.506. The van der Waals surface area contributed by atoms with Gasteiger partial charge in [-0.1, -0.05) is 0 Å². The molecule has 4 heteroatoms. The van der Waals surface area contributed by atoms with Crippen molar-refractivity contribution in [3.05, 3.63) is 0 Å². The van der Waals surface area contributed by atoms with E-state index in [1.165, 1.54) is 0 Å². The van der Waals surface area contributed by atoms with E-state index in [4.69, 9.17) is 5.73 Å². The largest absolute Gasteiger partial charge is 0.330 e. The van der Waals surface area contributed by atoms with Gasteiger partial charge in [-0.05, 0) is 38.6 Å². The van der Waals surface area contributed by atoms with Crippen LogP contribution in [0.4, 0.5) is 0 Å². The van der Waals surface area contributed by atoms with Crippen molar-refractivity contribution in [2.45, 2.75) is 31.4 Å². The van der Waals surface area contributed by atoms with Crippen molar-refractivity contribution in [2.24, 2.45) is 11.7 Å². The topological polar surface area (TPSA) is 60.2 Å². The van der Waals surface area contributed by atoms with Crippen LogP contribution in [0.2, 0.25) is 0 Å². The lowest BCUT2D eigenvalue weighted by Crippen LogP contribution is -2.11. The number of rotatable bonds is 3. The highest BCUT2D eigenvalue weighted by Gasteiger charge is 2.34. The summed E-state index contributed by atoms with van der Waals surface area (Å²) in [5.74, 6) is 0.752. The van der Waals surface area contributed by atoms with Crippen LogP contribution in [0.3, 0.4) is 0 Å². The van der Waals surface area contributed by atoms with Gasteiger partial charge in [-0.2, -0.15) is 0 Å². The van der Waals surface area contributed by atoms with Crippen molar-refractivity contribution < 1.29 is 8.42 Å². The second-order valence-corrected chi connectivity index (χ2v) is 6.14. The molecule has 1 aliphatic heterocycles. The molecule has 0 bridgehead atoms. The number of hydrogen-bond donors (Lipinski definition) is 1. The van der Waals surface area contributed by atoms with Gasteiger partial charge in [0.25, 0.3) is 0 Å². The van der Waals surface area contributed by atoms with E-state index >= 15 is 0 Å². The molecule has 0 aromatic rings. The maximum Gasteiger partial charge on any atom is 0.153 e. The fraction of sp³-hybridized carbons (Fsp3) is 1.00. The molecule has 2 atom stereocenters. The summed E-state index contributed by atoms with van der Waals surface area (Å²) in [6, 6.07) is 0. The third kappa shape index (κ3) is 2.20. The minimum absolute atomic E-state index is 0.125. The van der Waals surface area contributed by atoms with E-state index in [1.807, 2.05) is 0 Å². The van der Waals surface area contributed by atoms with Crippen LogP contribution in [0.5, 0.6) is 0 Å². The molecule has 1 rings (SSSR count). The molecule has 0 saturated carbocycles. The smallest absolute Gasteiger partial charge is 0.153 e. The van der Waals surface area contributed by atoms with Gasteiger partial charge in [-0.3, -0.25) is 0 Å². The zero-order chi connectivity index (χ0) is 9.19. The van der Waals surface area contributed by atoms with Crippen LogP contribution < -0.4 is 5.73 Å². The Morgan fingerprint density at radius 3 is 2.58 bits per heavy atom. The Labute approximate surface area is 74.3 Å². The molecule has 1 saturated heterocycles. The standard InChI is InChI=1S/C8H17NO2S/c1-7-5-8(3-2-4-9)6-12(7,10)11/h7-8H,2-6,9H2,1H3. The van der Waals surface area contributed by atoms with Gasteiger partial charge in [0, 0.05) is 0 Å². The van der Waals surface area contributed by atoms with Crippen LogP contribution >= 0.6 is 0 Å². The van der Waals surface area contributed by atoms with E-state index in [9.17, 15) is 8.42 Å². The van der Waals surface area contributed by atoms with Crippen molar-refractivity contribution in [3.63, 3.8) is 0 Å². The number of nitrogens with two attached hydrogens (primary N) is 1. The zero-order valence-electron chi connectivity index (χ0n) is 7.49. The first kappa shape index (κ1) is 9.99. The van der Waals surface area contributed by atoms with Gasteiger partial charge >= 0.3 is 0 Å². The predicted molar refractivity (Wildman–Crippen MR) is 49.6 cm³/mol. The fourth-order valence-corrected chi connectivity index (χ4v) is 3.64. The molecule has 0 aromatic heterocycles. The summed E-state index contributed by atoms with van der Waals surface area (Å²) in [6.45, 7) is 2.47. The lowest BCUT2D eigenvalue weighted by atomic mass is 10.0. The van der Waals surface area contributed by atoms with Crippen LogP contribution in [0, 0.1) is 5.92 Å². The van der Waals surface area contributed by atoms with Crippen molar-refractivity contribution in [1.82, 2.24) is 0 Å². The molecule has 1 heterocycles. The Bertz CT molecular complexity index is 235. The fourth-order valence-electron chi connectivity index (χ4n) is 1.78. The van der Waals surface area contributed by atoms with E-state index < -0.39 is 9.84 Å². The van der Waals surface area contributed by atoms with E-state index in [0.717, 1.165) is 19.3 Å². The minimum Gasteiger partial charge on any atom is -0.330 e. The molecule has 3 nitrogen and oxygen atoms in total. The third-order valence-corrected chi connectivity index (χ3v) is 4.92. The molecule has 1 fully saturated rings. The van der Waals surface area contributed by atoms with E-state index in [1.54, 1.807) is 6.92 Å². The van der Waals surface area contributed by atoms with Crippen molar-refractivity contribution in [1.29, 1.82) is 0 Å². The van der Waals surface area contributed by atoms with E-state index in [0.29, 0.717) is 18.2 Å². The molecule has 0 radical (unpaired) electrons. The van der Waals surface area contributed by atoms with Crippen LogP contribution in [0.25, 0.3) is 0 Å². The normalized spacial score (nSPS) is 33.8. The van der Waals surface area contributed by atoms with Crippen LogP contribution in [-0.2, 0) is 9.84 Å². The summed E-state index contributed by atoms with van der Waals surface area (Å²) < 4.78 is 22.6. The summed E-state index contributed by atoms with van der Waals surface area (Å²) in [4.78, 5) is 0. The van der Waals surface area contributed by atoms with Crippen molar-refractivity contribution in [3.8, 4) is 0 Å². The SMILES string of the molecule is CC1CC(CCCN)CS1(=O)=O. The maximum absolute atomic E-state index is 11.3. The van der Waals surface area contributed by atoms with Gasteiger partial charge in [0.15, 0.2) is 9.84 Å². The van der Waals surface area contributed by atoms with Crippen LogP contribution in [0.15, 0.2) is 0 Å². The molecular weight excluding hydrogens is 174 g/mol. The third-order valence-electron chi connectivity index (χ3n) is 2.56. The maximum atomic E-state index is 11.3. The van der Waals surface area contributed by atoms with Crippen molar-refractivity contribution >= 4 is 9.84 Å². The molecule has 0 aromatic carbocycles. The molecular formula is C8H17NO2S. The molecule has 1 aliphatic rings. The van der Waals surface area contributed by atoms with Gasteiger partial charge in [0.1, 0.15) is 0 Å². The Kier molecular flexibility index (Phi) is 3.12. The van der Waals surface area contributed by atoms with E-state index in [2.05, 4.69) is 0 Å². The van der Waals surface area contributed by atoms with Crippen molar-refractivity contribution in [2.75, 3.05) is 12.3 Å². The molecule has 72 valence electrons. The summed E-state index contributed by atoms with van der Waals surface area (Å²) in [5, 5.41) is -0.125. The molecule has 2 unspecified atom stereocenters. The van der Waals surface area contributed by atoms with Crippen LogP contribution in [0.1, 0.15) is 26.2 Å². The Hall–Kier alpha value is -0.0900. The van der Waals surface area contributed by atoms with Gasteiger partial charge in [-0.25, -0.2) is 8.42 Å². The van der Waals surface area contributed by atoms with Gasteiger partial charge < -0.3 is 5.73 Å². The Balaban J connectivity index is 2.44. The molecule has 0 aliphatic carbocycles. The minimum atomic E-state index is -2.75. The number of sulfone groups is 1. The first-order valence-electron chi connectivity index (χ1n) is 4.48. The summed E-state index contributed by atoms with van der Waals surface area (Å²) in [6.07, 6.45) is 2.76. The second-order valence-electron chi connectivity index (χ2n) is 3.67. The molecule has 0 amide bonds. The highest BCUT2D eigenvalue weighted by Crippen LogP contribution is 2.28. The summed E-state index contributed by atoms with van der Waals surface area (Å²) in [7, 11) is -2.75. The van der Waals surface area contributed by atoms with Crippen LogP contribution in [-0.4, -0.2) is 26.0 Å². The average molecular weight is 191 g/mol. The molecule has 0 spiro atoms. The Morgan fingerprint density at radius 2 is 2.17 bits per heavy atom. The first-order valence-corrected chi connectivity index (χ1v) is 6.19. The summed E-state index contributed by atoms with van der Waals surface area (Å²) in [5.41, 5.74) is 5.36.